The van der Waals surface area contributed by atoms with Crippen LogP contribution in [0, 0.1) is 0 Å². The Morgan fingerprint density at radius 2 is 1.79 bits per heavy atom. The van der Waals surface area contributed by atoms with E-state index in [1.807, 2.05) is 0 Å². The molecule has 1 unspecified atom stereocenters. The number of primary sulfonamides is 1. The minimum absolute atomic E-state index is 0.0524. The van der Waals surface area contributed by atoms with Crippen LogP contribution in [0.1, 0.15) is 11.7 Å². The van der Waals surface area contributed by atoms with Crippen LogP contribution in [-0.2, 0) is 10.0 Å². The number of nitrogens with two attached hydrogens (primary N) is 1. The lowest BCUT2D eigenvalue weighted by Crippen LogP contribution is -2.21. The molecule has 0 aliphatic rings. The van der Waals surface area contributed by atoms with Gasteiger partial charge in [-0.2, -0.15) is 0 Å². The minimum Gasteiger partial charge on any atom is -0.508 e. The van der Waals surface area contributed by atoms with Crippen LogP contribution in [0.25, 0.3) is 0 Å². The maximum Gasteiger partial charge on any atom is 0.211 e. The maximum absolute atomic E-state index is 10.7. The third-order valence-corrected chi connectivity index (χ3v) is 2.45. The van der Waals surface area contributed by atoms with Crippen molar-refractivity contribution in [2.24, 2.45) is 5.14 Å². The number of hydrogen-bond donors (Lipinski definition) is 3. The van der Waals surface area contributed by atoms with E-state index in [9.17, 15) is 13.5 Å². The maximum atomic E-state index is 10.7. The molecule has 0 saturated carbocycles. The van der Waals surface area contributed by atoms with Crippen molar-refractivity contribution < 1.29 is 18.6 Å². The van der Waals surface area contributed by atoms with E-state index in [1.54, 1.807) is 0 Å². The standard InChI is InChI=1S/C8H11NO4S/c9-14(12,13)5-8(11)6-1-3-7(10)4-2-6/h1-4,8,10-11H,5H2,(H2,9,12,13). The van der Waals surface area contributed by atoms with Crippen molar-refractivity contribution >= 4 is 10.0 Å². The van der Waals surface area contributed by atoms with E-state index >= 15 is 0 Å². The zero-order valence-electron chi connectivity index (χ0n) is 7.29. The Balaban J connectivity index is 2.80. The van der Waals surface area contributed by atoms with Gasteiger partial charge in [-0.3, -0.25) is 0 Å². The monoisotopic (exact) mass is 217 g/mol. The molecule has 0 radical (unpaired) electrons. The first-order valence-electron chi connectivity index (χ1n) is 3.86. The van der Waals surface area contributed by atoms with Crippen molar-refractivity contribution in [3.8, 4) is 5.75 Å². The highest BCUT2D eigenvalue weighted by Crippen LogP contribution is 2.17. The van der Waals surface area contributed by atoms with Gasteiger partial charge in [0.2, 0.25) is 10.0 Å². The second-order valence-corrected chi connectivity index (χ2v) is 4.60. The summed E-state index contributed by atoms with van der Waals surface area (Å²) < 4.78 is 21.3. The lowest BCUT2D eigenvalue weighted by atomic mass is 10.1. The van der Waals surface area contributed by atoms with Crippen LogP contribution < -0.4 is 5.14 Å². The zero-order valence-corrected chi connectivity index (χ0v) is 8.11. The molecule has 0 spiro atoms. The van der Waals surface area contributed by atoms with Gasteiger partial charge in [-0.25, -0.2) is 13.6 Å². The minimum atomic E-state index is -3.69. The predicted molar refractivity (Wildman–Crippen MR) is 51.0 cm³/mol. The molecule has 1 aromatic rings. The molecule has 1 rings (SSSR count). The van der Waals surface area contributed by atoms with Crippen LogP contribution in [0.3, 0.4) is 0 Å². The van der Waals surface area contributed by atoms with Crippen LogP contribution in [0.5, 0.6) is 5.75 Å². The topological polar surface area (TPSA) is 101 Å². The molecule has 4 N–H and O–H groups in total. The largest absolute Gasteiger partial charge is 0.508 e. The summed E-state index contributed by atoms with van der Waals surface area (Å²) >= 11 is 0. The molecule has 1 atom stereocenters. The van der Waals surface area contributed by atoms with Gasteiger partial charge in [0.15, 0.2) is 0 Å². The third kappa shape index (κ3) is 3.33. The molecular formula is C8H11NO4S. The number of aromatic hydroxyl groups is 1. The number of hydrogen-bond acceptors (Lipinski definition) is 4. The van der Waals surface area contributed by atoms with Crippen molar-refractivity contribution in [1.29, 1.82) is 0 Å². The summed E-state index contributed by atoms with van der Waals surface area (Å²) in [5, 5.41) is 23.1. The Labute approximate surface area is 81.9 Å². The summed E-state index contributed by atoms with van der Waals surface area (Å²) in [4.78, 5) is 0. The molecule has 0 aromatic heterocycles. The molecule has 78 valence electrons. The summed E-state index contributed by atoms with van der Waals surface area (Å²) in [5.74, 6) is -0.478. The summed E-state index contributed by atoms with van der Waals surface area (Å²) in [6, 6.07) is 5.60. The quantitative estimate of drug-likeness (QED) is 0.647. The van der Waals surface area contributed by atoms with Gasteiger partial charge in [0.1, 0.15) is 5.75 Å². The molecule has 0 bridgehead atoms. The first-order valence-corrected chi connectivity index (χ1v) is 5.57. The van der Waals surface area contributed by atoms with Gasteiger partial charge in [-0.1, -0.05) is 12.1 Å². The van der Waals surface area contributed by atoms with E-state index < -0.39 is 21.9 Å². The Bertz CT molecular complexity index is 398. The van der Waals surface area contributed by atoms with Gasteiger partial charge in [0, 0.05) is 0 Å². The molecule has 0 saturated heterocycles. The number of phenols is 1. The van der Waals surface area contributed by atoms with E-state index in [0.717, 1.165) is 0 Å². The van der Waals surface area contributed by atoms with Crippen molar-refractivity contribution in [1.82, 2.24) is 0 Å². The van der Waals surface area contributed by atoms with Gasteiger partial charge < -0.3 is 10.2 Å². The molecule has 0 aliphatic heterocycles. The highest BCUT2D eigenvalue weighted by atomic mass is 32.2. The van der Waals surface area contributed by atoms with Crippen molar-refractivity contribution in [2.75, 3.05) is 5.75 Å². The van der Waals surface area contributed by atoms with Gasteiger partial charge >= 0.3 is 0 Å². The fourth-order valence-electron chi connectivity index (χ4n) is 1.01. The average Bonchev–Trinajstić information content (AvgIpc) is 2.02. The Morgan fingerprint density at radius 3 is 2.21 bits per heavy atom. The smallest absolute Gasteiger partial charge is 0.211 e. The van der Waals surface area contributed by atoms with E-state index in [-0.39, 0.29) is 5.75 Å². The summed E-state index contributed by atoms with van der Waals surface area (Å²) in [5.41, 5.74) is 0.400. The van der Waals surface area contributed by atoms with Crippen LogP contribution in [0.2, 0.25) is 0 Å². The summed E-state index contributed by atoms with van der Waals surface area (Å²) in [7, 11) is -3.69. The number of benzene rings is 1. The van der Waals surface area contributed by atoms with Crippen molar-refractivity contribution in [3.05, 3.63) is 29.8 Å². The van der Waals surface area contributed by atoms with Gasteiger partial charge in [0.05, 0.1) is 11.9 Å². The normalized spacial score (nSPS) is 13.9. The highest BCUT2D eigenvalue weighted by molar-refractivity contribution is 7.89. The van der Waals surface area contributed by atoms with E-state index in [1.165, 1.54) is 24.3 Å². The van der Waals surface area contributed by atoms with Crippen LogP contribution in [0.15, 0.2) is 24.3 Å². The van der Waals surface area contributed by atoms with E-state index in [0.29, 0.717) is 5.56 Å². The molecule has 0 aliphatic carbocycles. The lowest BCUT2D eigenvalue weighted by molar-refractivity contribution is 0.201. The molecule has 1 aromatic carbocycles. The first kappa shape index (κ1) is 11.0. The van der Waals surface area contributed by atoms with Crippen LogP contribution in [-0.4, -0.2) is 24.4 Å². The molecule has 6 heteroatoms. The van der Waals surface area contributed by atoms with Gasteiger partial charge in [-0.05, 0) is 17.7 Å². The molecular weight excluding hydrogens is 206 g/mol. The van der Waals surface area contributed by atoms with E-state index in [4.69, 9.17) is 10.2 Å². The van der Waals surface area contributed by atoms with E-state index in [2.05, 4.69) is 0 Å². The number of aliphatic hydroxyl groups excluding tert-OH is 1. The van der Waals surface area contributed by atoms with Gasteiger partial charge in [-0.15, -0.1) is 0 Å². The molecule has 14 heavy (non-hydrogen) atoms. The van der Waals surface area contributed by atoms with Crippen LogP contribution >= 0.6 is 0 Å². The number of phenolic OH excluding ortho intramolecular Hbond substituents is 1. The molecule has 0 amide bonds. The SMILES string of the molecule is NS(=O)(=O)CC(O)c1ccc(O)cc1. The molecule has 5 nitrogen and oxygen atoms in total. The Morgan fingerprint density at radius 1 is 1.29 bits per heavy atom. The fraction of sp³-hybridized carbons (Fsp3) is 0.250. The van der Waals surface area contributed by atoms with Gasteiger partial charge in [0.25, 0.3) is 0 Å². The fourth-order valence-corrected chi connectivity index (χ4v) is 1.65. The second-order valence-electron chi connectivity index (χ2n) is 2.94. The van der Waals surface area contributed by atoms with Crippen molar-refractivity contribution in [3.63, 3.8) is 0 Å². The van der Waals surface area contributed by atoms with Crippen LogP contribution in [0.4, 0.5) is 0 Å². The average molecular weight is 217 g/mol. The summed E-state index contributed by atoms with van der Waals surface area (Å²) in [6.07, 6.45) is -1.16. The zero-order chi connectivity index (χ0) is 10.8. The summed E-state index contributed by atoms with van der Waals surface area (Å²) in [6.45, 7) is 0. The molecule has 0 heterocycles. The lowest BCUT2D eigenvalue weighted by Gasteiger charge is -2.08. The number of rotatable bonds is 3. The Hall–Kier alpha value is -1.11. The molecule has 0 fully saturated rings. The number of aliphatic hydroxyl groups is 1. The third-order valence-electron chi connectivity index (χ3n) is 1.67. The first-order chi connectivity index (χ1) is 6.38. The highest BCUT2D eigenvalue weighted by Gasteiger charge is 2.14. The Kier molecular flexibility index (Phi) is 3.10. The predicted octanol–water partition coefficient (Wildman–Crippen LogP) is -0.286. The number of sulfonamides is 1. The second kappa shape index (κ2) is 3.95. The van der Waals surface area contributed by atoms with Crippen molar-refractivity contribution in [2.45, 2.75) is 6.10 Å².